The molecule has 23 heavy (non-hydrogen) atoms. The van der Waals surface area contributed by atoms with Crippen LogP contribution in [0.3, 0.4) is 0 Å². The van der Waals surface area contributed by atoms with E-state index in [0.29, 0.717) is 11.3 Å². The van der Waals surface area contributed by atoms with Gasteiger partial charge in [-0.05, 0) is 29.7 Å². The van der Waals surface area contributed by atoms with Crippen LogP contribution in [0.1, 0.15) is 20.8 Å². The van der Waals surface area contributed by atoms with Crippen LogP contribution in [0.25, 0.3) is 10.1 Å². The Morgan fingerprint density at radius 1 is 1.22 bits per heavy atom. The number of benzene rings is 2. The normalized spacial score (nSPS) is 10.7. The number of thiophene rings is 1. The summed E-state index contributed by atoms with van der Waals surface area (Å²) in [5.74, 6) is -0.382. The number of carbonyl (C=O) groups is 1. The molecule has 0 bridgehead atoms. The molecule has 0 atom stereocenters. The van der Waals surface area contributed by atoms with Crippen molar-refractivity contribution in [2.45, 2.75) is 0 Å². The van der Waals surface area contributed by atoms with Crippen LogP contribution in [0.2, 0.25) is 0 Å². The van der Waals surface area contributed by atoms with E-state index in [1.807, 2.05) is 30.3 Å². The molecule has 0 saturated heterocycles. The summed E-state index contributed by atoms with van der Waals surface area (Å²) in [5.41, 5.74) is 12.6. The second kappa shape index (κ2) is 5.73. The van der Waals surface area contributed by atoms with Gasteiger partial charge in [0.05, 0.1) is 28.8 Å². The summed E-state index contributed by atoms with van der Waals surface area (Å²) in [7, 11) is 1.43. The first-order valence-electron chi connectivity index (χ1n) is 6.87. The molecule has 3 rings (SSSR count). The average Bonchev–Trinajstić information content (AvgIpc) is 2.97. The number of nitrogen functional groups attached to an aromatic ring is 1. The van der Waals surface area contributed by atoms with E-state index in [-0.39, 0.29) is 17.0 Å². The van der Waals surface area contributed by atoms with Gasteiger partial charge in [0.15, 0.2) is 0 Å². The SMILES string of the molecule is COc1c(C(N)=O)ccc(N)c1C(=N)c1cc2ccccc2s1. The minimum absolute atomic E-state index is 0.211. The highest BCUT2D eigenvalue weighted by Gasteiger charge is 2.21. The minimum atomic E-state index is -0.618. The molecular formula is C17H15N3O2S. The molecule has 0 aliphatic rings. The molecule has 0 spiro atoms. The molecule has 0 aliphatic carbocycles. The molecule has 116 valence electrons. The van der Waals surface area contributed by atoms with Gasteiger partial charge in [-0.15, -0.1) is 11.3 Å². The molecule has 5 N–H and O–H groups in total. The predicted molar refractivity (Wildman–Crippen MR) is 93.7 cm³/mol. The topological polar surface area (TPSA) is 102 Å². The Balaban J connectivity index is 2.18. The van der Waals surface area contributed by atoms with E-state index in [9.17, 15) is 4.79 Å². The van der Waals surface area contributed by atoms with Gasteiger partial charge in [-0.2, -0.15) is 0 Å². The molecule has 0 saturated carbocycles. The lowest BCUT2D eigenvalue weighted by atomic mass is 10.0. The van der Waals surface area contributed by atoms with Gasteiger partial charge in [-0.3, -0.25) is 10.2 Å². The lowest BCUT2D eigenvalue weighted by Crippen LogP contribution is -2.16. The van der Waals surface area contributed by atoms with Crippen LogP contribution < -0.4 is 16.2 Å². The summed E-state index contributed by atoms with van der Waals surface area (Å²) in [6, 6.07) is 12.9. The molecule has 6 heteroatoms. The summed E-state index contributed by atoms with van der Waals surface area (Å²) in [6.07, 6.45) is 0. The number of nitrogens with two attached hydrogens (primary N) is 2. The standard InChI is InChI=1S/C17H15N3O2S/c1-22-16-10(17(20)21)6-7-11(18)14(16)15(19)13-8-9-4-2-3-5-12(9)23-13/h2-8,19H,18H2,1H3,(H2,20,21). The zero-order valence-electron chi connectivity index (χ0n) is 12.4. The van der Waals surface area contributed by atoms with Crippen molar-refractivity contribution in [3.05, 3.63) is 58.5 Å². The number of methoxy groups -OCH3 is 1. The van der Waals surface area contributed by atoms with E-state index < -0.39 is 5.91 Å². The van der Waals surface area contributed by atoms with Gasteiger partial charge in [0.1, 0.15) is 5.75 Å². The zero-order chi connectivity index (χ0) is 16.6. The maximum atomic E-state index is 11.6. The van der Waals surface area contributed by atoms with E-state index in [4.69, 9.17) is 21.6 Å². The highest BCUT2D eigenvalue weighted by atomic mass is 32.1. The van der Waals surface area contributed by atoms with Crippen LogP contribution in [-0.2, 0) is 0 Å². The van der Waals surface area contributed by atoms with E-state index in [1.54, 1.807) is 6.07 Å². The number of hydrogen-bond donors (Lipinski definition) is 3. The van der Waals surface area contributed by atoms with E-state index in [0.717, 1.165) is 15.0 Å². The largest absolute Gasteiger partial charge is 0.495 e. The summed E-state index contributed by atoms with van der Waals surface area (Å²) >= 11 is 1.49. The fourth-order valence-corrected chi connectivity index (χ4v) is 3.51. The first-order valence-corrected chi connectivity index (χ1v) is 7.68. The van der Waals surface area contributed by atoms with Gasteiger partial charge in [0, 0.05) is 10.4 Å². The number of amides is 1. The highest BCUT2D eigenvalue weighted by Crippen LogP contribution is 2.34. The first kappa shape index (κ1) is 15.1. The van der Waals surface area contributed by atoms with Crippen molar-refractivity contribution in [3.8, 4) is 5.75 Å². The number of carbonyl (C=O) groups excluding carboxylic acids is 1. The molecule has 0 unspecified atom stereocenters. The Morgan fingerprint density at radius 2 is 1.96 bits per heavy atom. The summed E-state index contributed by atoms with van der Waals surface area (Å²) in [4.78, 5) is 12.3. The van der Waals surface area contributed by atoms with Gasteiger partial charge < -0.3 is 16.2 Å². The highest BCUT2D eigenvalue weighted by molar-refractivity contribution is 7.21. The van der Waals surface area contributed by atoms with Crippen molar-refractivity contribution in [2.75, 3.05) is 12.8 Å². The number of hydrogen-bond acceptors (Lipinski definition) is 5. The molecule has 2 aromatic carbocycles. The number of fused-ring (bicyclic) bond motifs is 1. The van der Waals surface area contributed by atoms with Crippen LogP contribution >= 0.6 is 11.3 Å². The Hall–Kier alpha value is -2.86. The number of anilines is 1. The van der Waals surface area contributed by atoms with Gasteiger partial charge in [0.25, 0.3) is 5.91 Å². The maximum Gasteiger partial charge on any atom is 0.252 e. The molecule has 1 heterocycles. The molecule has 1 amide bonds. The molecule has 1 aromatic heterocycles. The van der Waals surface area contributed by atoms with Gasteiger partial charge in [-0.1, -0.05) is 18.2 Å². The van der Waals surface area contributed by atoms with Crippen LogP contribution in [-0.4, -0.2) is 18.7 Å². The van der Waals surface area contributed by atoms with Crippen molar-refractivity contribution in [1.82, 2.24) is 0 Å². The average molecular weight is 325 g/mol. The third-order valence-corrected chi connectivity index (χ3v) is 4.72. The zero-order valence-corrected chi connectivity index (χ0v) is 13.2. The van der Waals surface area contributed by atoms with Crippen molar-refractivity contribution in [3.63, 3.8) is 0 Å². The fourth-order valence-electron chi connectivity index (χ4n) is 2.49. The molecule has 5 nitrogen and oxygen atoms in total. The lowest BCUT2D eigenvalue weighted by Gasteiger charge is -2.14. The van der Waals surface area contributed by atoms with E-state index in [1.165, 1.54) is 24.5 Å². The first-order chi connectivity index (χ1) is 11.0. The molecule has 0 fully saturated rings. The molecule has 0 radical (unpaired) electrons. The summed E-state index contributed by atoms with van der Waals surface area (Å²) < 4.78 is 6.40. The Morgan fingerprint density at radius 3 is 2.61 bits per heavy atom. The van der Waals surface area contributed by atoms with Crippen molar-refractivity contribution < 1.29 is 9.53 Å². The predicted octanol–water partition coefficient (Wildman–Crippen LogP) is 3.01. The smallest absolute Gasteiger partial charge is 0.252 e. The third-order valence-electron chi connectivity index (χ3n) is 3.58. The minimum Gasteiger partial charge on any atom is -0.495 e. The maximum absolute atomic E-state index is 11.6. The Kier molecular flexibility index (Phi) is 3.75. The van der Waals surface area contributed by atoms with Crippen LogP contribution in [0.5, 0.6) is 5.75 Å². The van der Waals surface area contributed by atoms with E-state index >= 15 is 0 Å². The van der Waals surface area contributed by atoms with E-state index in [2.05, 4.69) is 0 Å². The number of rotatable bonds is 4. The van der Waals surface area contributed by atoms with Gasteiger partial charge >= 0.3 is 0 Å². The quantitative estimate of drug-likeness (QED) is 0.507. The summed E-state index contributed by atoms with van der Waals surface area (Å²) in [6.45, 7) is 0. The van der Waals surface area contributed by atoms with Crippen molar-refractivity contribution >= 4 is 38.7 Å². The Bertz CT molecular complexity index is 898. The number of ether oxygens (including phenoxy) is 1. The summed E-state index contributed by atoms with van der Waals surface area (Å²) in [5, 5.41) is 9.58. The molecule has 3 aromatic rings. The number of primary amides is 1. The van der Waals surface area contributed by atoms with Crippen molar-refractivity contribution in [1.29, 1.82) is 5.41 Å². The van der Waals surface area contributed by atoms with Gasteiger partial charge in [-0.25, -0.2) is 0 Å². The lowest BCUT2D eigenvalue weighted by molar-refractivity contribution is 0.0997. The van der Waals surface area contributed by atoms with Crippen molar-refractivity contribution in [2.24, 2.45) is 5.73 Å². The van der Waals surface area contributed by atoms with Crippen LogP contribution in [0.15, 0.2) is 42.5 Å². The fraction of sp³-hybridized carbons (Fsp3) is 0.0588. The molecule has 0 aliphatic heterocycles. The monoisotopic (exact) mass is 325 g/mol. The van der Waals surface area contributed by atoms with Gasteiger partial charge in [0.2, 0.25) is 0 Å². The third kappa shape index (κ3) is 2.53. The molecular weight excluding hydrogens is 310 g/mol. The Labute approximate surface area is 137 Å². The number of nitrogens with one attached hydrogen (secondary N) is 1. The second-order valence-electron chi connectivity index (χ2n) is 5.00. The van der Waals surface area contributed by atoms with Crippen LogP contribution in [0.4, 0.5) is 5.69 Å². The second-order valence-corrected chi connectivity index (χ2v) is 6.08. The van der Waals surface area contributed by atoms with Crippen LogP contribution in [0, 0.1) is 5.41 Å².